The Balaban J connectivity index is 2.16. The summed E-state index contributed by atoms with van der Waals surface area (Å²) in [7, 11) is -0.145. The fourth-order valence-electron chi connectivity index (χ4n) is 3.95. The van der Waals surface area contributed by atoms with Crippen LogP contribution in [0.2, 0.25) is 0 Å². The lowest BCUT2D eigenvalue weighted by atomic mass is 10.1. The van der Waals surface area contributed by atoms with Crippen LogP contribution in [0.5, 0.6) is 0 Å². The van der Waals surface area contributed by atoms with Crippen LogP contribution in [0.15, 0.2) is 29.3 Å². The van der Waals surface area contributed by atoms with Gasteiger partial charge in [0.25, 0.3) is 0 Å². The van der Waals surface area contributed by atoms with Crippen molar-refractivity contribution in [3.8, 4) is 0 Å². The molecule has 1 unspecified atom stereocenters. The van der Waals surface area contributed by atoms with E-state index in [4.69, 9.17) is 17.2 Å². The average molecular weight is 626 g/mol. The van der Waals surface area contributed by atoms with Crippen LogP contribution in [0, 0.1) is 0 Å². The summed E-state index contributed by atoms with van der Waals surface area (Å²) in [6.45, 7) is -0.697. The summed E-state index contributed by atoms with van der Waals surface area (Å²) in [5.41, 5.74) is 19.0. The third kappa shape index (κ3) is 13.4. The van der Waals surface area contributed by atoms with Gasteiger partial charge in [0.1, 0.15) is 23.6 Å². The molecule has 14 nitrogen and oxygen atoms in total. The van der Waals surface area contributed by atoms with Gasteiger partial charge >= 0.3 is 5.97 Å². The van der Waals surface area contributed by atoms with Crippen molar-refractivity contribution in [3.05, 3.63) is 35.4 Å². The quantitative estimate of drug-likeness (QED) is 0.0755. The largest absolute Gasteiger partial charge is 0.480 e. The lowest BCUT2D eigenvalue weighted by Gasteiger charge is -2.20. The van der Waals surface area contributed by atoms with Gasteiger partial charge < -0.3 is 43.6 Å². The van der Waals surface area contributed by atoms with E-state index in [1.54, 1.807) is 0 Å². The number of nitrogens with zero attached hydrogens (tertiary/aromatic N) is 1. The lowest BCUT2D eigenvalue weighted by Crippen LogP contribution is -2.53. The first-order valence-electron chi connectivity index (χ1n) is 13.4. The molecule has 1 heterocycles. The number of rotatable bonds is 5. The van der Waals surface area contributed by atoms with Crippen LogP contribution >= 0.6 is 11.8 Å². The first kappa shape index (κ1) is 34.7. The Hall–Kier alpha value is -3.50. The maximum atomic E-state index is 12.8. The van der Waals surface area contributed by atoms with Crippen molar-refractivity contribution >= 4 is 58.2 Å². The molecule has 1 aromatic rings. The van der Waals surface area contributed by atoms with E-state index in [1.165, 1.54) is 11.8 Å². The van der Waals surface area contributed by atoms with E-state index >= 15 is 0 Å². The molecule has 0 spiro atoms. The van der Waals surface area contributed by atoms with E-state index < -0.39 is 60.8 Å². The molecule has 232 valence electrons. The van der Waals surface area contributed by atoms with Crippen LogP contribution in [0.25, 0.3) is 0 Å². The number of carboxylic acid groups (broad SMARTS) is 1. The number of carbonyl (C=O) groups excluding carboxylic acids is 4. The van der Waals surface area contributed by atoms with Crippen molar-refractivity contribution in [2.45, 2.75) is 48.9 Å². The molecule has 0 fully saturated rings. The molecular formula is C26H41N8O6S2+. The summed E-state index contributed by atoms with van der Waals surface area (Å²) in [4.78, 5) is 65.9. The van der Waals surface area contributed by atoms with Crippen molar-refractivity contribution in [1.29, 1.82) is 0 Å². The number of fused-ring (bicyclic) bond motifs is 2. The molecule has 11 N–H and O–H groups in total. The maximum Gasteiger partial charge on any atom is 0.326 e. The molecule has 16 heteroatoms. The van der Waals surface area contributed by atoms with E-state index in [-0.39, 0.29) is 36.2 Å². The van der Waals surface area contributed by atoms with E-state index in [2.05, 4.69) is 32.3 Å². The van der Waals surface area contributed by atoms with Gasteiger partial charge in [-0.2, -0.15) is 11.8 Å². The van der Waals surface area contributed by atoms with Crippen LogP contribution in [0.3, 0.4) is 0 Å². The molecular weight excluding hydrogens is 584 g/mol. The molecule has 2 rings (SSSR count). The number of carbonyl (C=O) groups is 5. The van der Waals surface area contributed by atoms with E-state index in [1.807, 2.05) is 24.5 Å². The minimum absolute atomic E-state index is 0.100. The average Bonchev–Trinajstić information content (AvgIpc) is 2.93. The number of aliphatic imine (C=N–C) groups is 1. The molecule has 4 atom stereocenters. The Kier molecular flexibility index (Phi) is 15.0. The van der Waals surface area contributed by atoms with Crippen LogP contribution in [0.1, 0.15) is 30.4 Å². The molecule has 4 amide bonds. The summed E-state index contributed by atoms with van der Waals surface area (Å²) in [5, 5.41) is 19.5. The van der Waals surface area contributed by atoms with Gasteiger partial charge in [-0.05, 0) is 29.3 Å². The summed E-state index contributed by atoms with van der Waals surface area (Å²) in [6, 6.07) is 5.05. The number of nitrogens with one attached hydrogen (secondary N) is 4. The minimum atomic E-state index is -1.16. The van der Waals surface area contributed by atoms with Gasteiger partial charge in [-0.15, -0.1) is 0 Å². The number of carboxylic acids is 1. The maximum absolute atomic E-state index is 12.8. The highest BCUT2D eigenvalue weighted by Crippen LogP contribution is 2.17. The SMILES string of the molecule is C[S+]1CC[C@@H](C(=O)O)NC(=O)CNC(=O)CNC(=O)[C@H](CCCN=C(N)N)NC(=O)[C@@H](N)CSCc2cccc(c2)C1. The normalized spacial score (nSPS) is 23.9. The van der Waals surface area contributed by atoms with Crippen LogP contribution in [-0.4, -0.2) is 96.2 Å². The zero-order chi connectivity index (χ0) is 31.1. The van der Waals surface area contributed by atoms with E-state index in [0.29, 0.717) is 23.7 Å². The highest BCUT2D eigenvalue weighted by Gasteiger charge is 2.26. The van der Waals surface area contributed by atoms with Crippen molar-refractivity contribution in [2.75, 3.05) is 37.4 Å². The Labute approximate surface area is 252 Å². The van der Waals surface area contributed by atoms with Gasteiger partial charge in [0, 0.05) is 30.0 Å². The van der Waals surface area contributed by atoms with Gasteiger partial charge in [0.05, 0.1) is 25.4 Å². The van der Waals surface area contributed by atoms with E-state index in [9.17, 15) is 29.1 Å². The van der Waals surface area contributed by atoms with Crippen molar-refractivity contribution in [1.82, 2.24) is 21.3 Å². The first-order chi connectivity index (χ1) is 19.9. The van der Waals surface area contributed by atoms with Gasteiger partial charge in [-0.1, -0.05) is 24.3 Å². The zero-order valence-electron chi connectivity index (χ0n) is 23.6. The summed E-state index contributed by atoms with van der Waals surface area (Å²) in [5.74, 6) is -1.45. The van der Waals surface area contributed by atoms with Crippen LogP contribution < -0.4 is 38.5 Å². The number of aliphatic carboxylic acids is 1. The summed E-state index contributed by atoms with van der Waals surface area (Å²) < 4.78 is 0. The van der Waals surface area contributed by atoms with Crippen molar-refractivity contribution in [3.63, 3.8) is 0 Å². The number of amides is 4. The highest BCUT2D eigenvalue weighted by atomic mass is 32.2. The fraction of sp³-hybridized carbons (Fsp3) is 0.538. The Morgan fingerprint density at radius 3 is 2.50 bits per heavy atom. The smallest absolute Gasteiger partial charge is 0.326 e. The zero-order valence-corrected chi connectivity index (χ0v) is 25.2. The Morgan fingerprint density at radius 1 is 1.07 bits per heavy atom. The molecule has 1 aliphatic heterocycles. The molecule has 0 saturated heterocycles. The molecule has 0 saturated carbocycles. The third-order valence-electron chi connectivity index (χ3n) is 6.14. The predicted octanol–water partition coefficient (Wildman–Crippen LogP) is -2.26. The second-order valence-electron chi connectivity index (χ2n) is 9.82. The number of nitrogens with two attached hydrogens (primary N) is 3. The molecule has 1 aromatic carbocycles. The lowest BCUT2D eigenvalue weighted by molar-refractivity contribution is -0.141. The van der Waals surface area contributed by atoms with Crippen molar-refractivity contribution in [2.24, 2.45) is 22.2 Å². The number of benzene rings is 1. The molecule has 0 aromatic heterocycles. The standard InChI is InChI=1S/C26H40N8O6S2/c1-42-9-7-20(25(39)40)33-22(36)12-31-21(35)11-32-24(38)19(6-3-8-30-26(28)29)34-23(37)18(27)14-41-13-16-4-2-5-17(10-16)15-42/h2,4-5,10,18-20H,3,6-9,11-15,27H2,1H3,(H8-,28,29,30,31,32,33,34,35,36,37,38,39,40)/p+1/t18-,19-,20-,42?/m0/s1. The number of guanidine groups is 1. The second-order valence-corrected chi connectivity index (χ2v) is 13.1. The highest BCUT2D eigenvalue weighted by molar-refractivity contribution is 7.98. The van der Waals surface area contributed by atoms with Gasteiger partial charge in [0.15, 0.2) is 5.96 Å². The van der Waals surface area contributed by atoms with Gasteiger partial charge in [-0.3, -0.25) is 24.2 Å². The molecule has 1 aliphatic rings. The van der Waals surface area contributed by atoms with Crippen molar-refractivity contribution < 1.29 is 29.1 Å². The molecule has 2 bridgehead atoms. The first-order valence-corrected chi connectivity index (χ1v) is 16.5. The molecule has 42 heavy (non-hydrogen) atoms. The second kappa shape index (κ2) is 18.1. The predicted molar refractivity (Wildman–Crippen MR) is 164 cm³/mol. The Bertz CT molecular complexity index is 1130. The fourth-order valence-corrected chi connectivity index (χ4v) is 6.42. The number of hydrogen-bond acceptors (Lipinski definition) is 8. The van der Waals surface area contributed by atoms with Crippen LogP contribution in [-0.2, 0) is 46.4 Å². The molecule has 0 radical (unpaired) electrons. The van der Waals surface area contributed by atoms with Gasteiger partial charge in [-0.25, -0.2) is 4.79 Å². The van der Waals surface area contributed by atoms with Gasteiger partial charge in [0.2, 0.25) is 23.6 Å². The molecule has 0 aliphatic carbocycles. The summed E-state index contributed by atoms with van der Waals surface area (Å²) >= 11 is 1.49. The number of thioether (sulfide) groups is 1. The Morgan fingerprint density at radius 2 is 1.79 bits per heavy atom. The van der Waals surface area contributed by atoms with Crippen LogP contribution in [0.4, 0.5) is 0 Å². The topological polar surface area (TPSA) is 244 Å². The van der Waals surface area contributed by atoms with E-state index in [0.717, 1.165) is 16.9 Å². The third-order valence-corrected chi connectivity index (χ3v) is 9.03. The summed E-state index contributed by atoms with van der Waals surface area (Å²) in [6.07, 6.45) is 2.83. The monoisotopic (exact) mass is 625 g/mol. The number of hydrogen-bond donors (Lipinski definition) is 8. The minimum Gasteiger partial charge on any atom is -0.480 e.